The third-order valence-electron chi connectivity index (χ3n) is 6.12. The van der Waals surface area contributed by atoms with Crippen LogP contribution in [0, 0.1) is 0 Å². The maximum Gasteiger partial charge on any atom is 0.289 e. The van der Waals surface area contributed by atoms with E-state index in [1.807, 2.05) is 47.4 Å². The van der Waals surface area contributed by atoms with E-state index in [0.717, 1.165) is 35.3 Å². The second-order valence-corrected chi connectivity index (χ2v) is 8.14. The van der Waals surface area contributed by atoms with Crippen molar-refractivity contribution < 1.29 is 14.0 Å². The fourth-order valence-electron chi connectivity index (χ4n) is 4.45. The first-order valence-corrected chi connectivity index (χ1v) is 10.7. The van der Waals surface area contributed by atoms with Gasteiger partial charge in [0.25, 0.3) is 5.91 Å². The summed E-state index contributed by atoms with van der Waals surface area (Å²) in [6.07, 6.45) is 3.71. The standard InChI is InChI=1S/C25H25N3O3/c29-23-16-18-6-4-5-9-22(18)28(23)17-19-12-15-31-24(19)25(30)27-13-10-21(11-14-27)26-20-7-2-1-3-8-20/h1-9,12,15,21,26H,10-11,13-14,16-17H2. The predicted molar refractivity (Wildman–Crippen MR) is 119 cm³/mol. The number of rotatable bonds is 5. The highest BCUT2D eigenvalue weighted by atomic mass is 16.3. The van der Waals surface area contributed by atoms with Crippen molar-refractivity contribution in [1.29, 1.82) is 0 Å². The smallest absolute Gasteiger partial charge is 0.289 e. The molecule has 1 aromatic heterocycles. The average molecular weight is 415 g/mol. The molecule has 3 heterocycles. The summed E-state index contributed by atoms with van der Waals surface area (Å²) in [5, 5.41) is 3.54. The molecule has 0 atom stereocenters. The number of anilines is 2. The number of furan rings is 1. The van der Waals surface area contributed by atoms with Gasteiger partial charge in [-0.15, -0.1) is 0 Å². The van der Waals surface area contributed by atoms with E-state index in [4.69, 9.17) is 4.42 Å². The molecule has 2 aliphatic rings. The summed E-state index contributed by atoms with van der Waals surface area (Å²) in [5.41, 5.74) is 3.80. The summed E-state index contributed by atoms with van der Waals surface area (Å²) >= 11 is 0. The minimum atomic E-state index is -0.0990. The molecule has 1 fully saturated rings. The number of hydrogen-bond donors (Lipinski definition) is 1. The molecule has 1 N–H and O–H groups in total. The van der Waals surface area contributed by atoms with Gasteiger partial charge in [-0.25, -0.2) is 0 Å². The van der Waals surface area contributed by atoms with Crippen LogP contribution in [0.25, 0.3) is 0 Å². The first-order valence-electron chi connectivity index (χ1n) is 10.7. The van der Waals surface area contributed by atoms with Gasteiger partial charge in [-0.1, -0.05) is 36.4 Å². The van der Waals surface area contributed by atoms with E-state index < -0.39 is 0 Å². The highest BCUT2D eigenvalue weighted by molar-refractivity contribution is 6.01. The molecule has 2 amide bonds. The molecule has 0 radical (unpaired) electrons. The zero-order valence-corrected chi connectivity index (χ0v) is 17.3. The third-order valence-corrected chi connectivity index (χ3v) is 6.12. The lowest BCUT2D eigenvalue weighted by Gasteiger charge is -2.32. The van der Waals surface area contributed by atoms with Gasteiger partial charge in [0.15, 0.2) is 5.76 Å². The van der Waals surface area contributed by atoms with Gasteiger partial charge in [-0.2, -0.15) is 0 Å². The van der Waals surface area contributed by atoms with Crippen LogP contribution in [-0.2, 0) is 17.8 Å². The molecule has 31 heavy (non-hydrogen) atoms. The molecule has 2 aromatic carbocycles. The molecule has 0 spiro atoms. The number of carbonyl (C=O) groups is 2. The Kier molecular flexibility index (Phi) is 5.20. The van der Waals surface area contributed by atoms with E-state index in [1.54, 1.807) is 17.2 Å². The number of nitrogens with one attached hydrogen (secondary N) is 1. The monoisotopic (exact) mass is 415 g/mol. The number of para-hydroxylation sites is 2. The Labute approximate surface area is 181 Å². The van der Waals surface area contributed by atoms with Crippen molar-refractivity contribution in [1.82, 2.24) is 4.90 Å². The Morgan fingerprint density at radius 2 is 1.74 bits per heavy atom. The van der Waals surface area contributed by atoms with Crippen molar-refractivity contribution in [2.45, 2.75) is 31.8 Å². The van der Waals surface area contributed by atoms with Gasteiger partial charge in [-0.05, 0) is 42.7 Å². The van der Waals surface area contributed by atoms with E-state index in [9.17, 15) is 9.59 Å². The molecule has 5 rings (SSSR count). The number of benzene rings is 2. The lowest BCUT2D eigenvalue weighted by Crippen LogP contribution is -2.42. The number of likely N-dealkylation sites (tertiary alicyclic amines) is 1. The van der Waals surface area contributed by atoms with Crippen LogP contribution >= 0.6 is 0 Å². The van der Waals surface area contributed by atoms with Gasteiger partial charge in [0.05, 0.1) is 19.2 Å². The zero-order chi connectivity index (χ0) is 21.2. The van der Waals surface area contributed by atoms with E-state index in [-0.39, 0.29) is 11.8 Å². The first kappa shape index (κ1) is 19.4. The Hall–Kier alpha value is -3.54. The van der Waals surface area contributed by atoms with Gasteiger partial charge in [-0.3, -0.25) is 9.59 Å². The van der Waals surface area contributed by atoms with Crippen LogP contribution in [0.2, 0.25) is 0 Å². The molecule has 0 aliphatic carbocycles. The molecule has 6 nitrogen and oxygen atoms in total. The molecule has 2 aliphatic heterocycles. The SMILES string of the molecule is O=C(c1occc1CN1C(=O)Cc2ccccc21)N1CCC(Nc2ccccc2)CC1. The van der Waals surface area contributed by atoms with Crippen LogP contribution in [0.4, 0.5) is 11.4 Å². The van der Waals surface area contributed by atoms with Crippen molar-refractivity contribution in [2.75, 3.05) is 23.3 Å². The highest BCUT2D eigenvalue weighted by Crippen LogP contribution is 2.31. The topological polar surface area (TPSA) is 65.8 Å². The molecule has 1 saturated heterocycles. The Bertz CT molecular complexity index is 1080. The number of hydrogen-bond acceptors (Lipinski definition) is 4. The molecule has 0 bridgehead atoms. The number of fused-ring (bicyclic) bond motifs is 1. The number of piperidine rings is 1. The first-order chi connectivity index (χ1) is 15.2. The maximum absolute atomic E-state index is 13.2. The van der Waals surface area contributed by atoms with Crippen LogP contribution < -0.4 is 10.2 Å². The lowest BCUT2D eigenvalue weighted by molar-refractivity contribution is -0.117. The van der Waals surface area contributed by atoms with Gasteiger partial charge in [0.2, 0.25) is 5.91 Å². The molecule has 3 aromatic rings. The summed E-state index contributed by atoms with van der Waals surface area (Å²) in [6.45, 7) is 1.70. The largest absolute Gasteiger partial charge is 0.459 e. The molecule has 158 valence electrons. The van der Waals surface area contributed by atoms with Gasteiger partial charge >= 0.3 is 0 Å². The normalized spacial score (nSPS) is 16.5. The Balaban J connectivity index is 1.24. The van der Waals surface area contributed by atoms with Gasteiger partial charge < -0.3 is 19.5 Å². The molecule has 6 heteroatoms. The van der Waals surface area contributed by atoms with Crippen LogP contribution in [0.1, 0.15) is 34.5 Å². The van der Waals surface area contributed by atoms with E-state index in [2.05, 4.69) is 17.4 Å². The van der Waals surface area contributed by atoms with Crippen molar-refractivity contribution in [2.24, 2.45) is 0 Å². The maximum atomic E-state index is 13.2. The fraction of sp³-hybridized carbons (Fsp3) is 0.280. The van der Waals surface area contributed by atoms with Crippen LogP contribution in [0.15, 0.2) is 71.3 Å². The van der Waals surface area contributed by atoms with Crippen molar-refractivity contribution in [3.05, 3.63) is 83.8 Å². The summed E-state index contributed by atoms with van der Waals surface area (Å²) in [5.74, 6) is 0.290. The predicted octanol–water partition coefficient (Wildman–Crippen LogP) is 4.09. The number of nitrogens with zero attached hydrogens (tertiary/aromatic N) is 2. The molecular weight excluding hydrogens is 390 g/mol. The highest BCUT2D eigenvalue weighted by Gasteiger charge is 2.31. The summed E-state index contributed by atoms with van der Waals surface area (Å²) in [7, 11) is 0. The van der Waals surface area contributed by atoms with E-state index in [0.29, 0.717) is 37.9 Å². The third kappa shape index (κ3) is 3.93. The van der Waals surface area contributed by atoms with Crippen molar-refractivity contribution in [3.8, 4) is 0 Å². The van der Waals surface area contributed by atoms with Gasteiger partial charge in [0.1, 0.15) is 0 Å². The average Bonchev–Trinajstić information content (AvgIpc) is 3.39. The quantitative estimate of drug-likeness (QED) is 0.682. The van der Waals surface area contributed by atoms with Crippen molar-refractivity contribution >= 4 is 23.2 Å². The Morgan fingerprint density at radius 3 is 2.55 bits per heavy atom. The molecular formula is C25H25N3O3. The molecule has 0 saturated carbocycles. The minimum absolute atomic E-state index is 0.0496. The van der Waals surface area contributed by atoms with E-state index >= 15 is 0 Å². The van der Waals surface area contributed by atoms with Crippen LogP contribution in [-0.4, -0.2) is 35.8 Å². The van der Waals surface area contributed by atoms with Crippen LogP contribution in [0.3, 0.4) is 0 Å². The summed E-state index contributed by atoms with van der Waals surface area (Å²) in [4.78, 5) is 29.3. The second-order valence-electron chi connectivity index (χ2n) is 8.14. The number of carbonyl (C=O) groups excluding carboxylic acids is 2. The number of amides is 2. The Morgan fingerprint density at radius 1 is 1.00 bits per heavy atom. The zero-order valence-electron chi connectivity index (χ0n) is 17.3. The van der Waals surface area contributed by atoms with Gasteiger partial charge in [0, 0.05) is 36.1 Å². The van der Waals surface area contributed by atoms with E-state index in [1.165, 1.54) is 0 Å². The molecule has 0 unspecified atom stereocenters. The summed E-state index contributed by atoms with van der Waals surface area (Å²) < 4.78 is 5.59. The fourth-order valence-corrected chi connectivity index (χ4v) is 4.45. The van der Waals surface area contributed by atoms with Crippen LogP contribution in [0.5, 0.6) is 0 Å². The second kappa shape index (κ2) is 8.30. The van der Waals surface area contributed by atoms with Crippen molar-refractivity contribution in [3.63, 3.8) is 0 Å². The lowest BCUT2D eigenvalue weighted by atomic mass is 10.0. The summed E-state index contributed by atoms with van der Waals surface area (Å²) in [6, 6.07) is 20.1. The minimum Gasteiger partial charge on any atom is -0.459 e.